The van der Waals surface area contributed by atoms with Gasteiger partial charge in [-0.15, -0.1) is 0 Å². The van der Waals surface area contributed by atoms with Gasteiger partial charge in [-0.2, -0.15) is 0 Å². The first-order valence-electron chi connectivity index (χ1n) is 8.57. The molecule has 3 rings (SSSR count). The second kappa shape index (κ2) is 9.12. The summed E-state index contributed by atoms with van der Waals surface area (Å²) in [7, 11) is 0. The minimum absolute atomic E-state index is 0.337. The van der Waals surface area contributed by atoms with Gasteiger partial charge in [0.15, 0.2) is 0 Å². The van der Waals surface area contributed by atoms with E-state index in [4.69, 9.17) is 14.2 Å². The normalized spacial score (nSPS) is 14.6. The van der Waals surface area contributed by atoms with Gasteiger partial charge < -0.3 is 14.2 Å². The fourth-order valence-electron chi connectivity index (χ4n) is 2.57. The molecule has 0 radical (unpaired) electrons. The molecule has 0 spiro atoms. The average molecular weight is 355 g/mol. The highest BCUT2D eigenvalue weighted by molar-refractivity contribution is 5.91. The number of ether oxygens (including phenoxy) is 3. The lowest BCUT2D eigenvalue weighted by molar-refractivity contribution is 0.0195. The van der Waals surface area contributed by atoms with Crippen molar-refractivity contribution in [3.63, 3.8) is 0 Å². The molecule has 1 aliphatic rings. The SMILES string of the molecule is O=C(OCCN1CCOCC1)c1ccc(OC(=O)c2ccccc2)cc1. The molecule has 1 heterocycles. The molecule has 0 bridgehead atoms. The summed E-state index contributed by atoms with van der Waals surface area (Å²) >= 11 is 0. The van der Waals surface area contributed by atoms with Crippen molar-refractivity contribution in [2.24, 2.45) is 0 Å². The fraction of sp³-hybridized carbons (Fsp3) is 0.300. The maximum absolute atomic E-state index is 12.1. The minimum Gasteiger partial charge on any atom is -0.461 e. The molecule has 6 heteroatoms. The van der Waals surface area contributed by atoms with Gasteiger partial charge in [0.05, 0.1) is 24.3 Å². The third kappa shape index (κ3) is 5.15. The topological polar surface area (TPSA) is 65.1 Å². The van der Waals surface area contributed by atoms with Gasteiger partial charge in [-0.25, -0.2) is 9.59 Å². The zero-order chi connectivity index (χ0) is 18.2. The lowest BCUT2D eigenvalue weighted by atomic mass is 10.2. The molecule has 0 atom stereocenters. The van der Waals surface area contributed by atoms with Gasteiger partial charge in [0.2, 0.25) is 0 Å². The van der Waals surface area contributed by atoms with Gasteiger partial charge in [0.25, 0.3) is 0 Å². The van der Waals surface area contributed by atoms with Gasteiger partial charge in [0, 0.05) is 19.6 Å². The van der Waals surface area contributed by atoms with Gasteiger partial charge in [-0.1, -0.05) is 18.2 Å². The zero-order valence-corrected chi connectivity index (χ0v) is 14.4. The van der Waals surface area contributed by atoms with Crippen LogP contribution in [0.15, 0.2) is 54.6 Å². The zero-order valence-electron chi connectivity index (χ0n) is 14.4. The smallest absolute Gasteiger partial charge is 0.343 e. The Hall–Kier alpha value is -2.70. The molecule has 2 aromatic carbocycles. The van der Waals surface area contributed by atoms with Crippen LogP contribution in [-0.2, 0) is 9.47 Å². The maximum Gasteiger partial charge on any atom is 0.343 e. The Morgan fingerprint density at radius 2 is 1.54 bits per heavy atom. The first-order chi connectivity index (χ1) is 12.7. The van der Waals surface area contributed by atoms with Crippen LogP contribution >= 0.6 is 0 Å². The number of nitrogens with zero attached hydrogens (tertiary/aromatic N) is 1. The van der Waals surface area contributed by atoms with E-state index < -0.39 is 5.97 Å². The van der Waals surface area contributed by atoms with E-state index in [0.717, 1.165) is 26.3 Å². The molecule has 136 valence electrons. The van der Waals surface area contributed by atoms with Crippen LogP contribution in [-0.4, -0.2) is 56.3 Å². The second-order valence-corrected chi connectivity index (χ2v) is 5.87. The van der Waals surface area contributed by atoms with E-state index in [2.05, 4.69) is 4.90 Å². The predicted molar refractivity (Wildman–Crippen MR) is 95.4 cm³/mol. The third-order valence-corrected chi connectivity index (χ3v) is 4.05. The van der Waals surface area contributed by atoms with Crippen LogP contribution in [0.25, 0.3) is 0 Å². The van der Waals surface area contributed by atoms with Crippen molar-refractivity contribution >= 4 is 11.9 Å². The molecule has 6 nitrogen and oxygen atoms in total. The van der Waals surface area contributed by atoms with E-state index in [1.54, 1.807) is 48.5 Å². The summed E-state index contributed by atoms with van der Waals surface area (Å²) in [6.07, 6.45) is 0. The van der Waals surface area contributed by atoms with Gasteiger partial charge in [-0.05, 0) is 36.4 Å². The van der Waals surface area contributed by atoms with Crippen molar-refractivity contribution < 1.29 is 23.8 Å². The largest absolute Gasteiger partial charge is 0.461 e. The van der Waals surface area contributed by atoms with E-state index in [-0.39, 0.29) is 5.97 Å². The molecule has 0 saturated carbocycles. The van der Waals surface area contributed by atoms with Crippen LogP contribution in [0.5, 0.6) is 5.75 Å². The third-order valence-electron chi connectivity index (χ3n) is 4.05. The van der Waals surface area contributed by atoms with Crippen molar-refractivity contribution in [2.45, 2.75) is 0 Å². The molecular formula is C20H21NO5. The quantitative estimate of drug-likeness (QED) is 0.586. The van der Waals surface area contributed by atoms with E-state index in [0.29, 0.717) is 30.0 Å². The van der Waals surface area contributed by atoms with Gasteiger partial charge in [-0.3, -0.25) is 4.90 Å². The second-order valence-electron chi connectivity index (χ2n) is 5.87. The van der Waals surface area contributed by atoms with E-state index in [9.17, 15) is 9.59 Å². The lowest BCUT2D eigenvalue weighted by Gasteiger charge is -2.26. The van der Waals surface area contributed by atoms with Gasteiger partial charge in [0.1, 0.15) is 12.4 Å². The maximum atomic E-state index is 12.1. The van der Waals surface area contributed by atoms with Crippen molar-refractivity contribution in [3.8, 4) is 5.75 Å². The van der Waals surface area contributed by atoms with Crippen LogP contribution < -0.4 is 4.74 Å². The molecule has 0 aliphatic carbocycles. The highest BCUT2D eigenvalue weighted by Crippen LogP contribution is 2.15. The lowest BCUT2D eigenvalue weighted by Crippen LogP contribution is -2.38. The fourth-order valence-corrected chi connectivity index (χ4v) is 2.57. The van der Waals surface area contributed by atoms with Crippen LogP contribution in [0, 0.1) is 0 Å². The summed E-state index contributed by atoms with van der Waals surface area (Å²) in [6, 6.07) is 15.1. The first kappa shape index (κ1) is 18.1. The Morgan fingerprint density at radius 3 is 2.23 bits per heavy atom. The Labute approximate surface area is 152 Å². The Bertz CT molecular complexity index is 724. The molecule has 0 aromatic heterocycles. The average Bonchev–Trinajstić information content (AvgIpc) is 2.70. The molecule has 0 N–H and O–H groups in total. The van der Waals surface area contributed by atoms with Crippen molar-refractivity contribution in [3.05, 3.63) is 65.7 Å². The molecule has 0 amide bonds. The monoisotopic (exact) mass is 355 g/mol. The number of carbonyl (C=O) groups excluding carboxylic acids is 2. The standard InChI is InChI=1S/C20H21NO5/c22-19(25-15-12-21-10-13-24-14-11-21)17-6-8-18(9-7-17)26-20(23)16-4-2-1-3-5-16/h1-9H,10-15H2. The number of rotatable bonds is 6. The van der Waals surface area contributed by atoms with Crippen LogP contribution in [0.1, 0.15) is 20.7 Å². The highest BCUT2D eigenvalue weighted by atomic mass is 16.5. The molecule has 1 saturated heterocycles. The Kier molecular flexibility index (Phi) is 6.35. The van der Waals surface area contributed by atoms with E-state index in [1.807, 2.05) is 6.07 Å². The van der Waals surface area contributed by atoms with Crippen LogP contribution in [0.3, 0.4) is 0 Å². The summed E-state index contributed by atoms with van der Waals surface area (Å²) in [5.74, 6) is -0.450. The summed E-state index contributed by atoms with van der Waals surface area (Å²) in [6.45, 7) is 4.19. The predicted octanol–water partition coefficient (Wildman–Crippen LogP) is 2.39. The molecule has 2 aromatic rings. The highest BCUT2D eigenvalue weighted by Gasteiger charge is 2.13. The molecule has 1 fully saturated rings. The molecule has 0 unspecified atom stereocenters. The number of benzene rings is 2. The number of morpholine rings is 1. The Morgan fingerprint density at radius 1 is 0.885 bits per heavy atom. The Balaban J connectivity index is 1.47. The first-order valence-corrected chi connectivity index (χ1v) is 8.57. The van der Waals surface area contributed by atoms with E-state index >= 15 is 0 Å². The van der Waals surface area contributed by atoms with Crippen molar-refractivity contribution in [2.75, 3.05) is 39.5 Å². The van der Waals surface area contributed by atoms with Gasteiger partial charge >= 0.3 is 11.9 Å². The minimum atomic E-state index is -0.438. The van der Waals surface area contributed by atoms with Crippen molar-refractivity contribution in [1.29, 1.82) is 0 Å². The summed E-state index contributed by atoms with van der Waals surface area (Å²) in [5, 5.41) is 0. The van der Waals surface area contributed by atoms with Crippen LogP contribution in [0.4, 0.5) is 0 Å². The number of hydrogen-bond acceptors (Lipinski definition) is 6. The summed E-state index contributed by atoms with van der Waals surface area (Å²) in [4.78, 5) is 26.3. The van der Waals surface area contributed by atoms with E-state index in [1.165, 1.54) is 0 Å². The summed E-state index contributed by atoms with van der Waals surface area (Å²) in [5.41, 5.74) is 0.894. The number of carbonyl (C=O) groups is 2. The molecule has 1 aliphatic heterocycles. The summed E-state index contributed by atoms with van der Waals surface area (Å²) < 4.78 is 15.9. The van der Waals surface area contributed by atoms with Crippen molar-refractivity contribution in [1.82, 2.24) is 4.90 Å². The molecular weight excluding hydrogens is 334 g/mol. The molecule has 26 heavy (non-hydrogen) atoms. The number of hydrogen-bond donors (Lipinski definition) is 0. The number of esters is 2. The van der Waals surface area contributed by atoms with Crippen LogP contribution in [0.2, 0.25) is 0 Å².